The third-order valence-electron chi connectivity index (χ3n) is 4.65. The summed E-state index contributed by atoms with van der Waals surface area (Å²) in [5.41, 5.74) is 0.573. The van der Waals surface area contributed by atoms with Gasteiger partial charge >= 0.3 is 0 Å². The van der Waals surface area contributed by atoms with E-state index in [4.69, 9.17) is 14.0 Å². The summed E-state index contributed by atoms with van der Waals surface area (Å²) in [6.45, 7) is 1.32. The number of nitrogens with zero attached hydrogens (tertiary/aromatic N) is 5. The highest BCUT2D eigenvalue weighted by Gasteiger charge is 2.32. The molecule has 1 saturated heterocycles. The van der Waals surface area contributed by atoms with Crippen molar-refractivity contribution >= 4 is 5.91 Å². The summed E-state index contributed by atoms with van der Waals surface area (Å²) in [5.74, 6) is 2.46. The molecular weight excluding hydrogens is 350 g/mol. The van der Waals surface area contributed by atoms with E-state index in [0.717, 1.165) is 6.42 Å². The van der Waals surface area contributed by atoms with E-state index in [1.807, 2.05) is 0 Å². The molecule has 136 valence electrons. The maximum atomic E-state index is 12.8. The highest BCUT2D eigenvalue weighted by Crippen LogP contribution is 2.34. The molecule has 1 fully saturated rings. The Balaban J connectivity index is 1.30. The zero-order chi connectivity index (χ0) is 18.2. The third-order valence-corrected chi connectivity index (χ3v) is 4.65. The predicted octanol–water partition coefficient (Wildman–Crippen LogP) is 1.89. The van der Waals surface area contributed by atoms with Crippen LogP contribution in [0.5, 0.6) is 11.5 Å². The van der Waals surface area contributed by atoms with Gasteiger partial charge in [0.05, 0.1) is 5.92 Å². The van der Waals surface area contributed by atoms with Crippen molar-refractivity contribution in [2.24, 2.45) is 0 Å². The largest absolute Gasteiger partial charge is 0.454 e. The quantitative estimate of drug-likeness (QED) is 0.693. The van der Waals surface area contributed by atoms with E-state index < -0.39 is 0 Å². The van der Waals surface area contributed by atoms with Crippen LogP contribution in [-0.2, 0) is 0 Å². The summed E-state index contributed by atoms with van der Waals surface area (Å²) >= 11 is 0. The van der Waals surface area contributed by atoms with Gasteiger partial charge in [-0.1, -0.05) is 5.16 Å². The smallest absolute Gasteiger partial charge is 0.254 e. The van der Waals surface area contributed by atoms with E-state index in [0.29, 0.717) is 47.7 Å². The second-order valence-electron chi connectivity index (χ2n) is 6.33. The van der Waals surface area contributed by atoms with Crippen LogP contribution in [0, 0.1) is 0 Å². The van der Waals surface area contributed by atoms with Gasteiger partial charge in [-0.15, -0.1) is 0 Å². The Labute approximate surface area is 153 Å². The first kappa shape index (κ1) is 15.7. The number of fused-ring (bicyclic) bond motifs is 1. The van der Waals surface area contributed by atoms with Crippen molar-refractivity contribution in [3.63, 3.8) is 0 Å². The number of hydrogen-bond donors (Lipinski definition) is 0. The van der Waals surface area contributed by atoms with Crippen molar-refractivity contribution in [1.82, 2.24) is 25.0 Å². The molecule has 3 aromatic rings. The predicted molar refractivity (Wildman–Crippen MR) is 91.2 cm³/mol. The van der Waals surface area contributed by atoms with Gasteiger partial charge in [0.2, 0.25) is 24.3 Å². The zero-order valence-electron chi connectivity index (χ0n) is 14.2. The van der Waals surface area contributed by atoms with Crippen molar-refractivity contribution in [1.29, 1.82) is 0 Å². The van der Waals surface area contributed by atoms with E-state index in [-0.39, 0.29) is 18.6 Å². The molecule has 2 aliphatic rings. The molecule has 0 spiro atoms. The molecule has 0 unspecified atom stereocenters. The van der Waals surface area contributed by atoms with E-state index in [9.17, 15) is 4.79 Å². The first-order valence-corrected chi connectivity index (χ1v) is 8.58. The molecule has 9 nitrogen and oxygen atoms in total. The Hall–Kier alpha value is -3.49. The van der Waals surface area contributed by atoms with Crippen LogP contribution in [-0.4, -0.2) is 50.8 Å². The van der Waals surface area contributed by atoms with Crippen LogP contribution in [0.25, 0.3) is 11.6 Å². The second-order valence-corrected chi connectivity index (χ2v) is 6.33. The minimum atomic E-state index is -0.0538. The van der Waals surface area contributed by atoms with Crippen molar-refractivity contribution in [2.75, 3.05) is 19.9 Å². The fourth-order valence-corrected chi connectivity index (χ4v) is 3.26. The van der Waals surface area contributed by atoms with Gasteiger partial charge in [0.1, 0.15) is 0 Å². The van der Waals surface area contributed by atoms with Crippen LogP contribution in [0.15, 0.2) is 41.2 Å². The lowest BCUT2D eigenvalue weighted by molar-refractivity contribution is 0.0789. The number of benzene rings is 1. The van der Waals surface area contributed by atoms with Gasteiger partial charge < -0.3 is 18.9 Å². The molecule has 0 N–H and O–H groups in total. The molecule has 27 heavy (non-hydrogen) atoms. The fourth-order valence-electron chi connectivity index (χ4n) is 3.26. The molecule has 0 bridgehead atoms. The molecular formula is C18H15N5O4. The molecule has 2 aromatic heterocycles. The number of hydrogen-bond acceptors (Lipinski definition) is 8. The first-order valence-electron chi connectivity index (χ1n) is 8.58. The Kier molecular flexibility index (Phi) is 3.70. The molecule has 5 rings (SSSR count). The lowest BCUT2D eigenvalue weighted by atomic mass is 10.1. The Bertz CT molecular complexity index is 990. The van der Waals surface area contributed by atoms with E-state index in [1.54, 1.807) is 41.6 Å². The number of carbonyl (C=O) groups excluding carboxylic acids is 1. The van der Waals surface area contributed by atoms with Crippen LogP contribution in [0.1, 0.15) is 28.6 Å². The van der Waals surface area contributed by atoms with E-state index in [1.165, 1.54) is 0 Å². The molecule has 0 saturated carbocycles. The summed E-state index contributed by atoms with van der Waals surface area (Å²) in [5, 5.41) is 3.95. The number of likely N-dealkylation sites (tertiary alicyclic amines) is 1. The Morgan fingerprint density at radius 1 is 1.11 bits per heavy atom. The lowest BCUT2D eigenvalue weighted by Gasteiger charge is -2.16. The van der Waals surface area contributed by atoms with Crippen molar-refractivity contribution < 1.29 is 18.8 Å². The van der Waals surface area contributed by atoms with Crippen molar-refractivity contribution in [3.8, 4) is 23.1 Å². The standard InChI is InChI=1S/C18H15N5O4/c24-18(11-2-3-13-14(8-11)26-10-25-13)23-7-4-12(9-23)17-21-16(22-27-17)15-19-5-1-6-20-15/h1-3,5-6,8,12H,4,7,9-10H2/t12-/m0/s1. The summed E-state index contributed by atoms with van der Waals surface area (Å²) in [6.07, 6.45) is 4.01. The summed E-state index contributed by atoms with van der Waals surface area (Å²) in [6, 6.07) is 6.95. The Morgan fingerprint density at radius 2 is 1.96 bits per heavy atom. The molecule has 4 heterocycles. The van der Waals surface area contributed by atoms with Crippen LogP contribution in [0.2, 0.25) is 0 Å². The highest BCUT2D eigenvalue weighted by atomic mass is 16.7. The summed E-state index contributed by atoms with van der Waals surface area (Å²) < 4.78 is 16.0. The maximum absolute atomic E-state index is 12.8. The summed E-state index contributed by atoms with van der Waals surface area (Å²) in [4.78, 5) is 27.2. The van der Waals surface area contributed by atoms with Crippen molar-refractivity contribution in [2.45, 2.75) is 12.3 Å². The third kappa shape index (κ3) is 2.86. The molecule has 0 radical (unpaired) electrons. The van der Waals surface area contributed by atoms with Gasteiger partial charge in [-0.05, 0) is 30.7 Å². The average Bonchev–Trinajstić information content (AvgIpc) is 3.47. The number of amides is 1. The monoisotopic (exact) mass is 365 g/mol. The topological polar surface area (TPSA) is 103 Å². The molecule has 1 aromatic carbocycles. The molecule has 0 aliphatic carbocycles. The van der Waals surface area contributed by atoms with E-state index >= 15 is 0 Å². The fraction of sp³-hybridized carbons (Fsp3) is 0.278. The van der Waals surface area contributed by atoms with Crippen LogP contribution >= 0.6 is 0 Å². The van der Waals surface area contributed by atoms with E-state index in [2.05, 4.69) is 20.1 Å². The van der Waals surface area contributed by atoms with Gasteiger partial charge in [-0.3, -0.25) is 4.79 Å². The van der Waals surface area contributed by atoms with Crippen LogP contribution < -0.4 is 9.47 Å². The second kappa shape index (κ2) is 6.35. The SMILES string of the molecule is O=C(c1ccc2c(c1)OCO2)N1CC[C@H](c2nc(-c3ncccn3)no2)C1. The van der Waals surface area contributed by atoms with Crippen LogP contribution in [0.4, 0.5) is 0 Å². The number of aromatic nitrogens is 4. The molecule has 1 amide bonds. The number of ether oxygens (including phenoxy) is 2. The van der Waals surface area contributed by atoms with Crippen LogP contribution in [0.3, 0.4) is 0 Å². The first-order chi connectivity index (χ1) is 13.3. The number of carbonyl (C=O) groups is 1. The summed E-state index contributed by atoms with van der Waals surface area (Å²) in [7, 11) is 0. The minimum absolute atomic E-state index is 0.00655. The highest BCUT2D eigenvalue weighted by molar-refractivity contribution is 5.95. The molecule has 9 heteroatoms. The van der Waals surface area contributed by atoms with Gasteiger partial charge in [-0.2, -0.15) is 4.98 Å². The van der Waals surface area contributed by atoms with Crippen molar-refractivity contribution in [3.05, 3.63) is 48.1 Å². The van der Waals surface area contributed by atoms with Gasteiger partial charge in [0.25, 0.3) is 5.91 Å². The van der Waals surface area contributed by atoms with Gasteiger partial charge in [0.15, 0.2) is 11.5 Å². The lowest BCUT2D eigenvalue weighted by Crippen LogP contribution is -2.28. The zero-order valence-corrected chi connectivity index (χ0v) is 14.2. The molecule has 2 aliphatic heterocycles. The normalized spacial score (nSPS) is 18.1. The minimum Gasteiger partial charge on any atom is -0.454 e. The maximum Gasteiger partial charge on any atom is 0.254 e. The van der Waals surface area contributed by atoms with Gasteiger partial charge in [-0.25, -0.2) is 9.97 Å². The average molecular weight is 365 g/mol. The molecule has 1 atom stereocenters. The Morgan fingerprint density at radius 3 is 2.85 bits per heavy atom. The van der Waals surface area contributed by atoms with Gasteiger partial charge in [0, 0.05) is 31.0 Å². The number of rotatable bonds is 3.